The first-order chi connectivity index (χ1) is 8.67. The normalized spacial score (nSPS) is 21.6. The molecular weight excluding hydrogens is 236 g/mol. The van der Waals surface area contributed by atoms with Crippen molar-refractivity contribution in [3.63, 3.8) is 0 Å². The minimum Gasteiger partial charge on any atom is -0.480 e. The first-order valence-electron chi connectivity index (χ1n) is 6.79. The highest BCUT2D eigenvalue weighted by atomic mass is 16.5. The van der Waals surface area contributed by atoms with Crippen LogP contribution in [0.2, 0.25) is 0 Å². The summed E-state index contributed by atoms with van der Waals surface area (Å²) in [6.45, 7) is 12.8. The van der Waals surface area contributed by atoms with Gasteiger partial charge in [-0.15, -0.1) is 0 Å². The summed E-state index contributed by atoms with van der Waals surface area (Å²) in [7, 11) is 0. The molecule has 0 saturated heterocycles. The zero-order valence-electron chi connectivity index (χ0n) is 12.7. The topological polar surface area (TPSA) is 33.6 Å². The Balaban J connectivity index is 2.44. The molecule has 1 heterocycles. The molecule has 0 bridgehead atoms. The quantitative estimate of drug-likeness (QED) is 0.762. The van der Waals surface area contributed by atoms with Crippen LogP contribution in [-0.2, 0) is 0 Å². The van der Waals surface area contributed by atoms with Crippen molar-refractivity contribution in [1.29, 1.82) is 0 Å². The molecule has 0 saturated carbocycles. The summed E-state index contributed by atoms with van der Waals surface area (Å²) in [6, 6.07) is 8.01. The molecule has 0 aliphatic carbocycles. The lowest BCUT2D eigenvalue weighted by Crippen LogP contribution is -2.46. The predicted molar refractivity (Wildman–Crippen MR) is 81.1 cm³/mol. The molecule has 1 aliphatic rings. The van der Waals surface area contributed by atoms with Crippen molar-refractivity contribution >= 4 is 11.5 Å². The smallest absolute Gasteiger partial charge is 0.160 e. The van der Waals surface area contributed by atoms with Gasteiger partial charge in [0.25, 0.3) is 0 Å². The number of aliphatic imine (C=N–C) groups is 1. The van der Waals surface area contributed by atoms with Crippen LogP contribution in [0, 0.1) is 5.41 Å². The van der Waals surface area contributed by atoms with Crippen molar-refractivity contribution in [2.24, 2.45) is 10.4 Å². The second-order valence-corrected chi connectivity index (χ2v) is 7.15. The van der Waals surface area contributed by atoms with Gasteiger partial charge >= 0.3 is 0 Å². The van der Waals surface area contributed by atoms with E-state index in [1.54, 1.807) is 0 Å². The van der Waals surface area contributed by atoms with Crippen LogP contribution < -0.4 is 10.1 Å². The fourth-order valence-corrected chi connectivity index (χ4v) is 2.09. The third-order valence-electron chi connectivity index (χ3n) is 2.89. The number of fused-ring (bicyclic) bond motifs is 1. The molecule has 1 unspecified atom stereocenters. The van der Waals surface area contributed by atoms with Gasteiger partial charge in [0, 0.05) is 5.41 Å². The number of hydrogen-bond acceptors (Lipinski definition) is 2. The predicted octanol–water partition coefficient (Wildman–Crippen LogP) is 4.10. The summed E-state index contributed by atoms with van der Waals surface area (Å²) in [5, 5.41) is 3.44. The molecule has 1 aromatic rings. The van der Waals surface area contributed by atoms with Crippen molar-refractivity contribution < 1.29 is 4.74 Å². The molecule has 19 heavy (non-hydrogen) atoms. The first-order valence-corrected chi connectivity index (χ1v) is 6.79. The zero-order chi connectivity index (χ0) is 14.3. The molecular formula is C16H24N2O. The van der Waals surface area contributed by atoms with Crippen molar-refractivity contribution in [3.8, 4) is 5.75 Å². The maximum Gasteiger partial charge on any atom is 0.160 e. The van der Waals surface area contributed by atoms with E-state index in [2.05, 4.69) is 46.9 Å². The molecule has 0 aromatic heterocycles. The fourth-order valence-electron chi connectivity index (χ4n) is 2.09. The molecule has 1 aliphatic heterocycles. The number of rotatable bonds is 0. The van der Waals surface area contributed by atoms with E-state index in [9.17, 15) is 0 Å². The average molecular weight is 260 g/mol. The Morgan fingerprint density at radius 3 is 2.26 bits per heavy atom. The molecule has 1 aromatic carbocycles. The Morgan fingerprint density at radius 1 is 1.05 bits per heavy atom. The third-order valence-corrected chi connectivity index (χ3v) is 2.89. The largest absolute Gasteiger partial charge is 0.480 e. The second-order valence-electron chi connectivity index (χ2n) is 7.15. The van der Waals surface area contributed by atoms with Crippen LogP contribution in [-0.4, -0.2) is 17.5 Å². The summed E-state index contributed by atoms with van der Waals surface area (Å²) in [6.07, 6.45) is -0.0541. The lowest BCUT2D eigenvalue weighted by atomic mass is 9.87. The third kappa shape index (κ3) is 3.28. The SMILES string of the molecule is CC(C)(C)N=C1Nc2ccccc2OC1C(C)(C)C. The van der Waals surface area contributed by atoms with E-state index in [4.69, 9.17) is 9.73 Å². The molecule has 0 fully saturated rings. The maximum absolute atomic E-state index is 6.16. The standard InChI is InChI=1S/C16H24N2O/c1-15(2,3)13-14(18-16(4,5)6)17-11-9-7-8-10-12(11)19-13/h7-10,13H,1-6H3,(H,17,18). The number of para-hydroxylation sites is 2. The van der Waals surface area contributed by atoms with Crippen molar-refractivity contribution in [3.05, 3.63) is 24.3 Å². The maximum atomic E-state index is 6.16. The molecule has 2 rings (SSSR count). The van der Waals surface area contributed by atoms with Crippen molar-refractivity contribution in [2.45, 2.75) is 53.2 Å². The number of nitrogens with one attached hydrogen (secondary N) is 1. The summed E-state index contributed by atoms with van der Waals surface area (Å²) in [4.78, 5) is 4.80. The number of benzene rings is 1. The fraction of sp³-hybridized carbons (Fsp3) is 0.562. The Kier molecular flexibility index (Phi) is 3.33. The Labute approximate surface area is 116 Å². The second kappa shape index (κ2) is 4.55. The van der Waals surface area contributed by atoms with Gasteiger partial charge in [0.2, 0.25) is 0 Å². The zero-order valence-corrected chi connectivity index (χ0v) is 12.7. The minimum atomic E-state index is -0.124. The molecule has 0 amide bonds. The van der Waals surface area contributed by atoms with Gasteiger partial charge < -0.3 is 10.1 Å². The van der Waals surface area contributed by atoms with E-state index < -0.39 is 0 Å². The number of hydrogen-bond donors (Lipinski definition) is 1. The van der Waals surface area contributed by atoms with E-state index in [-0.39, 0.29) is 17.1 Å². The number of ether oxygens (including phenoxy) is 1. The first kappa shape index (κ1) is 13.9. The van der Waals surface area contributed by atoms with E-state index in [1.807, 2.05) is 24.3 Å². The van der Waals surface area contributed by atoms with Gasteiger partial charge in [0.1, 0.15) is 11.6 Å². The van der Waals surface area contributed by atoms with Crippen LogP contribution in [0.25, 0.3) is 0 Å². The molecule has 104 valence electrons. The van der Waals surface area contributed by atoms with Gasteiger partial charge in [-0.2, -0.15) is 0 Å². The van der Waals surface area contributed by atoms with Crippen LogP contribution in [0.1, 0.15) is 41.5 Å². The Bertz CT molecular complexity index is 492. The molecule has 1 atom stereocenters. The molecule has 3 nitrogen and oxygen atoms in total. The number of anilines is 1. The van der Waals surface area contributed by atoms with E-state index in [0.717, 1.165) is 17.3 Å². The van der Waals surface area contributed by atoms with Crippen LogP contribution in [0.4, 0.5) is 5.69 Å². The molecule has 3 heteroatoms. The van der Waals surface area contributed by atoms with Crippen molar-refractivity contribution in [1.82, 2.24) is 0 Å². The van der Waals surface area contributed by atoms with Gasteiger partial charge in [-0.1, -0.05) is 32.9 Å². The van der Waals surface area contributed by atoms with Crippen LogP contribution in [0.15, 0.2) is 29.3 Å². The van der Waals surface area contributed by atoms with Crippen LogP contribution in [0.5, 0.6) is 5.75 Å². The summed E-state index contributed by atoms with van der Waals surface area (Å²) in [5.41, 5.74) is 0.859. The summed E-state index contributed by atoms with van der Waals surface area (Å²) in [5.74, 6) is 1.81. The molecule has 0 radical (unpaired) electrons. The van der Waals surface area contributed by atoms with Crippen LogP contribution in [0.3, 0.4) is 0 Å². The van der Waals surface area contributed by atoms with Gasteiger partial charge in [0.05, 0.1) is 11.2 Å². The van der Waals surface area contributed by atoms with Gasteiger partial charge in [-0.3, -0.25) is 4.99 Å². The number of amidine groups is 1. The highest BCUT2D eigenvalue weighted by Gasteiger charge is 2.36. The minimum absolute atomic E-state index is 0.00931. The average Bonchev–Trinajstić information content (AvgIpc) is 2.24. The molecule has 1 N–H and O–H groups in total. The number of nitrogens with zero attached hydrogens (tertiary/aromatic N) is 1. The lowest BCUT2D eigenvalue weighted by molar-refractivity contribution is 0.141. The van der Waals surface area contributed by atoms with Gasteiger partial charge in [-0.05, 0) is 32.9 Å². The van der Waals surface area contributed by atoms with E-state index >= 15 is 0 Å². The summed E-state index contributed by atoms with van der Waals surface area (Å²) >= 11 is 0. The van der Waals surface area contributed by atoms with E-state index in [0.29, 0.717) is 0 Å². The Morgan fingerprint density at radius 2 is 1.68 bits per heavy atom. The van der Waals surface area contributed by atoms with Gasteiger partial charge in [0.15, 0.2) is 6.10 Å². The van der Waals surface area contributed by atoms with Crippen molar-refractivity contribution in [2.75, 3.05) is 5.32 Å². The monoisotopic (exact) mass is 260 g/mol. The van der Waals surface area contributed by atoms with Crippen LogP contribution >= 0.6 is 0 Å². The highest BCUT2D eigenvalue weighted by Crippen LogP contribution is 2.35. The van der Waals surface area contributed by atoms with Gasteiger partial charge in [-0.25, -0.2) is 0 Å². The summed E-state index contributed by atoms with van der Waals surface area (Å²) < 4.78 is 6.16. The Hall–Kier alpha value is -1.51. The highest BCUT2D eigenvalue weighted by molar-refractivity contribution is 6.02. The lowest BCUT2D eigenvalue weighted by Gasteiger charge is -2.37. The molecule has 0 spiro atoms. The van der Waals surface area contributed by atoms with E-state index in [1.165, 1.54) is 0 Å².